The van der Waals surface area contributed by atoms with Crippen LogP contribution in [0.1, 0.15) is 0 Å². The molecule has 0 aliphatic heterocycles. The van der Waals surface area contributed by atoms with Gasteiger partial charge < -0.3 is 10.3 Å². The van der Waals surface area contributed by atoms with Crippen molar-refractivity contribution in [2.45, 2.75) is 5.16 Å². The number of thioether (sulfide) groups is 1. The third-order valence-electron chi connectivity index (χ3n) is 2.49. The molecule has 2 rings (SSSR count). The fourth-order valence-corrected chi connectivity index (χ4v) is 2.20. The molecule has 0 aliphatic rings. The summed E-state index contributed by atoms with van der Waals surface area (Å²) in [6.45, 7) is 3.98. The molecule has 20 heavy (non-hydrogen) atoms. The maximum atomic E-state index is 12.8. The van der Waals surface area contributed by atoms with Gasteiger partial charge >= 0.3 is 0 Å². The van der Waals surface area contributed by atoms with Gasteiger partial charge in [-0.25, -0.2) is 9.37 Å². The quantitative estimate of drug-likeness (QED) is 0.635. The summed E-state index contributed by atoms with van der Waals surface area (Å²) in [5.41, 5.74) is 1.64. The van der Waals surface area contributed by atoms with Crippen molar-refractivity contribution in [3.8, 4) is 11.3 Å². The number of benzene rings is 1. The minimum atomic E-state index is -0.276. The number of H-pyrrole nitrogens is 1. The van der Waals surface area contributed by atoms with Gasteiger partial charge in [0.05, 0.1) is 17.6 Å². The number of aromatic nitrogens is 2. The summed E-state index contributed by atoms with van der Waals surface area (Å²) < 4.78 is 12.8. The zero-order chi connectivity index (χ0) is 14.4. The molecular weight excluding hydrogens is 277 g/mol. The highest BCUT2D eigenvalue weighted by Crippen LogP contribution is 2.21. The molecule has 0 unspecified atom stereocenters. The normalized spacial score (nSPS) is 10.2. The van der Waals surface area contributed by atoms with Crippen molar-refractivity contribution in [2.75, 3.05) is 12.3 Å². The lowest BCUT2D eigenvalue weighted by molar-refractivity contribution is -0.118. The van der Waals surface area contributed by atoms with Gasteiger partial charge in [0.1, 0.15) is 5.82 Å². The molecule has 0 atom stereocenters. The van der Waals surface area contributed by atoms with E-state index in [1.54, 1.807) is 24.4 Å². The Bertz CT molecular complexity index is 595. The fraction of sp³-hybridized carbons (Fsp3) is 0.143. The smallest absolute Gasteiger partial charge is 0.230 e. The number of hydrogen-bond donors (Lipinski definition) is 2. The molecular formula is C14H14FN3OS. The predicted molar refractivity (Wildman–Crippen MR) is 77.9 cm³/mol. The number of nitrogens with zero attached hydrogens (tertiary/aromatic N) is 1. The molecule has 4 nitrogen and oxygen atoms in total. The topological polar surface area (TPSA) is 57.8 Å². The molecule has 6 heteroatoms. The fourth-order valence-electron chi connectivity index (χ4n) is 1.52. The van der Waals surface area contributed by atoms with Crippen molar-refractivity contribution >= 4 is 17.7 Å². The summed E-state index contributed by atoms with van der Waals surface area (Å²) in [7, 11) is 0. The number of halogens is 1. The van der Waals surface area contributed by atoms with Gasteiger partial charge in [-0.05, 0) is 29.8 Å². The lowest BCUT2D eigenvalue weighted by atomic mass is 10.2. The molecule has 104 valence electrons. The summed E-state index contributed by atoms with van der Waals surface area (Å²) >= 11 is 1.31. The standard InChI is InChI=1S/C14H14FN3OS/c1-2-7-16-13(19)9-20-14-17-8-12(18-14)10-3-5-11(15)6-4-10/h2-6,8H,1,7,9H2,(H,16,19)(H,17,18). The monoisotopic (exact) mass is 291 g/mol. The summed E-state index contributed by atoms with van der Waals surface area (Å²) in [6, 6.07) is 6.14. The van der Waals surface area contributed by atoms with Gasteiger partial charge in [-0.2, -0.15) is 0 Å². The summed E-state index contributed by atoms with van der Waals surface area (Å²) in [5, 5.41) is 3.34. The molecule has 1 heterocycles. The van der Waals surface area contributed by atoms with Gasteiger partial charge in [0.2, 0.25) is 5.91 Å². The summed E-state index contributed by atoms with van der Waals surface area (Å²) in [6.07, 6.45) is 3.29. The third kappa shape index (κ3) is 3.96. The molecule has 1 aromatic heterocycles. The maximum Gasteiger partial charge on any atom is 0.230 e. The summed E-state index contributed by atoms with van der Waals surface area (Å²) in [4.78, 5) is 18.7. The first-order chi connectivity index (χ1) is 9.69. The molecule has 2 N–H and O–H groups in total. The van der Waals surface area contributed by atoms with E-state index in [1.807, 2.05) is 0 Å². The number of hydrogen-bond acceptors (Lipinski definition) is 3. The van der Waals surface area contributed by atoms with Crippen molar-refractivity contribution in [1.82, 2.24) is 15.3 Å². The average molecular weight is 291 g/mol. The Hall–Kier alpha value is -2.08. The molecule has 0 bridgehead atoms. The van der Waals surface area contributed by atoms with Crippen molar-refractivity contribution in [3.05, 3.63) is 48.9 Å². The van der Waals surface area contributed by atoms with Crippen molar-refractivity contribution < 1.29 is 9.18 Å². The molecule has 0 radical (unpaired) electrons. The number of nitrogens with one attached hydrogen (secondary N) is 2. The van der Waals surface area contributed by atoms with Gasteiger partial charge in [0.25, 0.3) is 0 Å². The van der Waals surface area contributed by atoms with E-state index in [1.165, 1.54) is 23.9 Å². The number of aromatic amines is 1. The van der Waals surface area contributed by atoms with Crippen LogP contribution in [0, 0.1) is 5.82 Å². The van der Waals surface area contributed by atoms with E-state index in [-0.39, 0.29) is 17.5 Å². The van der Waals surface area contributed by atoms with Crippen molar-refractivity contribution in [2.24, 2.45) is 0 Å². The van der Waals surface area contributed by atoms with E-state index < -0.39 is 0 Å². The van der Waals surface area contributed by atoms with Crippen LogP contribution in [0.5, 0.6) is 0 Å². The van der Waals surface area contributed by atoms with Gasteiger partial charge in [0.15, 0.2) is 5.16 Å². The molecule has 0 aliphatic carbocycles. The lowest BCUT2D eigenvalue weighted by Crippen LogP contribution is -2.24. The van der Waals surface area contributed by atoms with Crippen molar-refractivity contribution in [1.29, 1.82) is 0 Å². The number of carbonyl (C=O) groups is 1. The second kappa shape index (κ2) is 6.91. The van der Waals surface area contributed by atoms with E-state index in [0.717, 1.165) is 11.3 Å². The van der Waals surface area contributed by atoms with Gasteiger partial charge in [-0.3, -0.25) is 4.79 Å². The molecule has 1 aromatic carbocycles. The van der Waals surface area contributed by atoms with Crippen molar-refractivity contribution in [3.63, 3.8) is 0 Å². The Morgan fingerprint density at radius 2 is 2.20 bits per heavy atom. The van der Waals surface area contributed by atoms with Crippen LogP contribution in [-0.2, 0) is 4.79 Å². The Kier molecular flexibility index (Phi) is 4.95. The Morgan fingerprint density at radius 1 is 1.45 bits per heavy atom. The Labute approximate surface area is 120 Å². The first kappa shape index (κ1) is 14.3. The van der Waals surface area contributed by atoms with Crippen LogP contribution >= 0.6 is 11.8 Å². The zero-order valence-electron chi connectivity index (χ0n) is 10.7. The first-order valence-corrected chi connectivity index (χ1v) is 6.99. The molecule has 0 spiro atoms. The molecule has 2 aromatic rings. The van der Waals surface area contributed by atoms with Crippen LogP contribution in [0.25, 0.3) is 11.3 Å². The second-order valence-electron chi connectivity index (χ2n) is 3.99. The third-order valence-corrected chi connectivity index (χ3v) is 3.38. The van der Waals surface area contributed by atoms with Crippen LogP contribution < -0.4 is 5.32 Å². The van der Waals surface area contributed by atoms with Crippen LogP contribution in [-0.4, -0.2) is 28.2 Å². The zero-order valence-corrected chi connectivity index (χ0v) is 11.5. The molecule has 0 saturated carbocycles. The number of rotatable bonds is 6. The summed E-state index contributed by atoms with van der Waals surface area (Å²) in [5.74, 6) is -0.0686. The lowest BCUT2D eigenvalue weighted by Gasteiger charge is -2.00. The van der Waals surface area contributed by atoms with E-state index in [4.69, 9.17) is 0 Å². The van der Waals surface area contributed by atoms with Crippen LogP contribution in [0.15, 0.2) is 48.3 Å². The van der Waals surface area contributed by atoms with Gasteiger partial charge in [-0.1, -0.05) is 17.8 Å². The molecule has 0 fully saturated rings. The molecule has 0 saturated heterocycles. The van der Waals surface area contributed by atoms with Crippen LogP contribution in [0.2, 0.25) is 0 Å². The predicted octanol–water partition coefficient (Wildman–Crippen LogP) is 2.61. The SMILES string of the molecule is C=CCNC(=O)CSc1ncc(-c2ccc(F)cc2)[nH]1. The minimum Gasteiger partial charge on any atom is -0.352 e. The second-order valence-corrected chi connectivity index (χ2v) is 4.95. The largest absolute Gasteiger partial charge is 0.352 e. The highest BCUT2D eigenvalue weighted by atomic mass is 32.2. The molecule has 1 amide bonds. The van der Waals surface area contributed by atoms with Crippen LogP contribution in [0.4, 0.5) is 4.39 Å². The Balaban J connectivity index is 1.94. The minimum absolute atomic E-state index is 0.0744. The van der Waals surface area contributed by atoms with Gasteiger partial charge in [-0.15, -0.1) is 6.58 Å². The van der Waals surface area contributed by atoms with E-state index in [0.29, 0.717) is 11.7 Å². The van der Waals surface area contributed by atoms with Crippen LogP contribution in [0.3, 0.4) is 0 Å². The maximum absolute atomic E-state index is 12.8. The van der Waals surface area contributed by atoms with E-state index in [2.05, 4.69) is 21.9 Å². The highest BCUT2D eigenvalue weighted by Gasteiger charge is 2.06. The highest BCUT2D eigenvalue weighted by molar-refractivity contribution is 7.99. The van der Waals surface area contributed by atoms with E-state index in [9.17, 15) is 9.18 Å². The Morgan fingerprint density at radius 3 is 2.90 bits per heavy atom. The van der Waals surface area contributed by atoms with Gasteiger partial charge in [0, 0.05) is 6.54 Å². The van der Waals surface area contributed by atoms with E-state index >= 15 is 0 Å². The average Bonchev–Trinajstić information content (AvgIpc) is 2.92. The number of amides is 1. The first-order valence-electron chi connectivity index (χ1n) is 6.00. The number of carbonyl (C=O) groups excluding carboxylic acids is 1. The number of imidazole rings is 1.